The van der Waals surface area contributed by atoms with Gasteiger partial charge in [-0.3, -0.25) is 0 Å². The van der Waals surface area contributed by atoms with Crippen LogP contribution >= 0.6 is 15.9 Å². The van der Waals surface area contributed by atoms with Crippen LogP contribution in [-0.4, -0.2) is 11.7 Å². The van der Waals surface area contributed by atoms with E-state index in [1.807, 2.05) is 0 Å². The molecule has 1 aromatic carbocycles. The molecule has 0 aromatic heterocycles. The average Bonchev–Trinajstić information content (AvgIpc) is 2.09. The van der Waals surface area contributed by atoms with Crippen molar-refractivity contribution in [3.05, 3.63) is 34.1 Å². The van der Waals surface area contributed by atoms with E-state index in [1.54, 1.807) is 0 Å². The molecule has 0 heterocycles. The SMILES string of the molecule is OCC(F)(F)c1cccc(Br)c1F. The number of rotatable bonds is 2. The van der Waals surface area contributed by atoms with E-state index in [-0.39, 0.29) is 4.47 Å². The lowest BCUT2D eigenvalue weighted by Crippen LogP contribution is -2.20. The van der Waals surface area contributed by atoms with Gasteiger partial charge in [-0.05, 0) is 28.1 Å². The Hall–Kier alpha value is -0.550. The summed E-state index contributed by atoms with van der Waals surface area (Å²) in [5, 5.41) is 8.33. The van der Waals surface area contributed by atoms with Crippen molar-refractivity contribution in [3.8, 4) is 0 Å². The van der Waals surface area contributed by atoms with Crippen LogP contribution in [0.2, 0.25) is 0 Å². The summed E-state index contributed by atoms with van der Waals surface area (Å²) in [4.78, 5) is 0. The van der Waals surface area contributed by atoms with Gasteiger partial charge in [-0.2, -0.15) is 8.78 Å². The summed E-state index contributed by atoms with van der Waals surface area (Å²) in [6.07, 6.45) is 0. The molecule has 72 valence electrons. The van der Waals surface area contributed by atoms with Crippen molar-refractivity contribution in [2.75, 3.05) is 6.61 Å². The maximum atomic E-state index is 13.0. The Morgan fingerprint density at radius 2 is 2.00 bits per heavy atom. The Morgan fingerprint density at radius 3 is 2.54 bits per heavy atom. The zero-order valence-electron chi connectivity index (χ0n) is 6.40. The van der Waals surface area contributed by atoms with Gasteiger partial charge >= 0.3 is 0 Å². The molecule has 0 unspecified atom stereocenters. The first-order valence-electron chi connectivity index (χ1n) is 3.42. The zero-order valence-corrected chi connectivity index (χ0v) is 7.98. The molecule has 0 fully saturated rings. The molecule has 0 spiro atoms. The highest BCUT2D eigenvalue weighted by molar-refractivity contribution is 9.10. The second-order valence-corrected chi connectivity index (χ2v) is 3.32. The molecule has 13 heavy (non-hydrogen) atoms. The molecule has 1 nitrogen and oxygen atoms in total. The average molecular weight is 255 g/mol. The Kier molecular flexibility index (Phi) is 2.98. The lowest BCUT2D eigenvalue weighted by atomic mass is 10.1. The van der Waals surface area contributed by atoms with Gasteiger partial charge in [-0.25, -0.2) is 4.39 Å². The molecule has 0 saturated heterocycles. The first-order valence-corrected chi connectivity index (χ1v) is 4.21. The molecule has 0 saturated carbocycles. The normalized spacial score (nSPS) is 11.8. The summed E-state index contributed by atoms with van der Waals surface area (Å²) in [5.41, 5.74) is -0.802. The third kappa shape index (κ3) is 2.03. The second-order valence-electron chi connectivity index (χ2n) is 2.46. The van der Waals surface area contributed by atoms with E-state index in [9.17, 15) is 13.2 Å². The van der Waals surface area contributed by atoms with E-state index in [1.165, 1.54) is 12.1 Å². The summed E-state index contributed by atoms with van der Waals surface area (Å²) in [5.74, 6) is -4.57. The van der Waals surface area contributed by atoms with Gasteiger partial charge in [0, 0.05) is 0 Å². The van der Waals surface area contributed by atoms with Crippen LogP contribution in [0.3, 0.4) is 0 Å². The Morgan fingerprint density at radius 1 is 1.38 bits per heavy atom. The van der Waals surface area contributed by atoms with Gasteiger partial charge in [-0.15, -0.1) is 0 Å². The Balaban J connectivity index is 3.22. The lowest BCUT2D eigenvalue weighted by molar-refractivity contribution is -0.0583. The van der Waals surface area contributed by atoms with Crippen LogP contribution in [0.1, 0.15) is 5.56 Å². The predicted octanol–water partition coefficient (Wildman–Crippen LogP) is 2.67. The largest absolute Gasteiger partial charge is 0.390 e. The van der Waals surface area contributed by atoms with E-state index < -0.39 is 23.9 Å². The molecule has 0 radical (unpaired) electrons. The summed E-state index contributed by atoms with van der Waals surface area (Å²) >= 11 is 2.78. The van der Waals surface area contributed by atoms with E-state index in [0.717, 1.165) is 6.07 Å². The van der Waals surface area contributed by atoms with Crippen molar-refractivity contribution in [1.29, 1.82) is 0 Å². The Bertz CT molecular complexity index is 314. The number of aliphatic hydroxyl groups is 1. The van der Waals surface area contributed by atoms with E-state index in [4.69, 9.17) is 5.11 Å². The van der Waals surface area contributed by atoms with Gasteiger partial charge in [0.25, 0.3) is 5.92 Å². The van der Waals surface area contributed by atoms with Crippen LogP contribution in [0.25, 0.3) is 0 Å². The fourth-order valence-electron chi connectivity index (χ4n) is 0.871. The highest BCUT2D eigenvalue weighted by Crippen LogP contribution is 2.32. The predicted molar refractivity (Wildman–Crippen MR) is 45.1 cm³/mol. The topological polar surface area (TPSA) is 20.2 Å². The van der Waals surface area contributed by atoms with Crippen LogP contribution in [0.4, 0.5) is 13.2 Å². The molecule has 1 aromatic rings. The van der Waals surface area contributed by atoms with Gasteiger partial charge in [0.1, 0.15) is 12.4 Å². The van der Waals surface area contributed by atoms with Crippen molar-refractivity contribution in [1.82, 2.24) is 0 Å². The standard InChI is InChI=1S/C8H6BrF3O/c9-6-3-1-2-5(7(6)10)8(11,12)4-13/h1-3,13H,4H2. The fourth-order valence-corrected chi connectivity index (χ4v) is 1.24. The minimum absolute atomic E-state index is 0.0434. The first-order chi connectivity index (χ1) is 5.99. The van der Waals surface area contributed by atoms with Crippen molar-refractivity contribution >= 4 is 15.9 Å². The molecular formula is C8H6BrF3O. The van der Waals surface area contributed by atoms with Crippen LogP contribution in [0.15, 0.2) is 22.7 Å². The summed E-state index contributed by atoms with van der Waals surface area (Å²) in [7, 11) is 0. The van der Waals surface area contributed by atoms with Crippen molar-refractivity contribution in [2.24, 2.45) is 0 Å². The number of benzene rings is 1. The molecule has 1 rings (SSSR count). The molecule has 0 aliphatic heterocycles. The lowest BCUT2D eigenvalue weighted by Gasteiger charge is -2.14. The maximum absolute atomic E-state index is 13.0. The third-order valence-corrected chi connectivity index (χ3v) is 2.16. The van der Waals surface area contributed by atoms with Crippen LogP contribution in [0.5, 0.6) is 0 Å². The van der Waals surface area contributed by atoms with Gasteiger partial charge in [0.15, 0.2) is 0 Å². The molecule has 0 atom stereocenters. The van der Waals surface area contributed by atoms with Crippen LogP contribution < -0.4 is 0 Å². The number of hydrogen-bond donors (Lipinski definition) is 1. The highest BCUT2D eigenvalue weighted by Gasteiger charge is 2.34. The van der Waals surface area contributed by atoms with Crippen molar-refractivity contribution in [3.63, 3.8) is 0 Å². The summed E-state index contributed by atoms with van der Waals surface area (Å²) in [6.45, 7) is -1.40. The monoisotopic (exact) mass is 254 g/mol. The zero-order chi connectivity index (χ0) is 10.1. The van der Waals surface area contributed by atoms with Gasteiger partial charge in [0.2, 0.25) is 0 Å². The smallest absolute Gasteiger partial charge is 0.298 e. The minimum Gasteiger partial charge on any atom is -0.390 e. The van der Waals surface area contributed by atoms with Gasteiger partial charge < -0.3 is 5.11 Å². The molecule has 0 bridgehead atoms. The molecule has 5 heteroatoms. The Labute approximate surface area is 81.3 Å². The summed E-state index contributed by atoms with van der Waals surface area (Å²) in [6, 6.07) is 3.54. The van der Waals surface area contributed by atoms with Crippen LogP contribution in [-0.2, 0) is 5.92 Å². The minimum atomic E-state index is -3.53. The highest BCUT2D eigenvalue weighted by atomic mass is 79.9. The molecule has 0 amide bonds. The third-order valence-electron chi connectivity index (χ3n) is 1.54. The van der Waals surface area contributed by atoms with E-state index in [2.05, 4.69) is 15.9 Å². The quantitative estimate of drug-likeness (QED) is 0.861. The number of halogens is 4. The van der Waals surface area contributed by atoms with Crippen molar-refractivity contribution < 1.29 is 18.3 Å². The van der Waals surface area contributed by atoms with E-state index >= 15 is 0 Å². The maximum Gasteiger partial charge on any atom is 0.298 e. The van der Waals surface area contributed by atoms with Gasteiger partial charge in [0.05, 0.1) is 10.0 Å². The first kappa shape index (κ1) is 10.5. The molecule has 0 aliphatic carbocycles. The van der Waals surface area contributed by atoms with Crippen LogP contribution in [0, 0.1) is 5.82 Å². The van der Waals surface area contributed by atoms with Crippen molar-refractivity contribution in [2.45, 2.75) is 5.92 Å². The molecule has 0 aliphatic rings. The summed E-state index contributed by atoms with van der Waals surface area (Å²) < 4.78 is 38.6. The van der Waals surface area contributed by atoms with E-state index in [0.29, 0.717) is 0 Å². The molecule has 1 N–H and O–H groups in total. The second kappa shape index (κ2) is 3.67. The fraction of sp³-hybridized carbons (Fsp3) is 0.250. The van der Waals surface area contributed by atoms with Gasteiger partial charge in [-0.1, -0.05) is 6.07 Å². The number of aliphatic hydroxyl groups excluding tert-OH is 1. The number of hydrogen-bond acceptors (Lipinski definition) is 1. The number of alkyl halides is 2. The molecular weight excluding hydrogens is 249 g/mol.